The Morgan fingerprint density at radius 1 is 1.00 bits per heavy atom. The Morgan fingerprint density at radius 3 is 2.50 bits per heavy atom. The van der Waals surface area contributed by atoms with Crippen LogP contribution in [-0.2, 0) is 0 Å². The first kappa shape index (κ1) is 15.0. The zero-order valence-corrected chi connectivity index (χ0v) is 13.2. The molecule has 2 aromatic heterocycles. The molecule has 124 valence electrons. The molecule has 4 N–H and O–H groups in total. The molecule has 6 nitrogen and oxygen atoms in total. The van der Waals surface area contributed by atoms with Crippen molar-refractivity contribution >= 4 is 16.9 Å². The van der Waals surface area contributed by atoms with Gasteiger partial charge in [-0.15, -0.1) is 0 Å². The lowest BCUT2D eigenvalue weighted by atomic mass is 9.93. The van der Waals surface area contributed by atoms with Crippen molar-refractivity contribution in [3.8, 4) is 17.1 Å². The van der Waals surface area contributed by atoms with Gasteiger partial charge in [-0.2, -0.15) is 0 Å². The number of anilines is 1. The van der Waals surface area contributed by atoms with Gasteiger partial charge in [-0.25, -0.2) is 9.97 Å². The highest BCUT2D eigenvalue weighted by Crippen LogP contribution is 2.28. The molecule has 0 bridgehead atoms. The van der Waals surface area contributed by atoms with Crippen LogP contribution in [0.3, 0.4) is 0 Å². The molecule has 4 rings (SSSR count). The summed E-state index contributed by atoms with van der Waals surface area (Å²) in [6, 6.07) is 9.16. The third-order valence-corrected chi connectivity index (χ3v) is 4.58. The summed E-state index contributed by atoms with van der Waals surface area (Å²) >= 11 is 0. The standard InChI is InChI=1S/C18H20N4O2/c23-13-5-1-11(2-6-13)16-21-17-15(9-10-19-17)18(22-16)20-12-3-7-14(24)8-4-12/h1-2,5-6,9-10,12,14,23-24H,3-4,7-8H2,(H2,19,20,21,22). The van der Waals surface area contributed by atoms with Gasteiger partial charge in [-0.3, -0.25) is 0 Å². The summed E-state index contributed by atoms with van der Waals surface area (Å²) in [5.41, 5.74) is 1.64. The van der Waals surface area contributed by atoms with Crippen molar-refractivity contribution in [2.24, 2.45) is 0 Å². The van der Waals surface area contributed by atoms with Crippen LogP contribution in [0.25, 0.3) is 22.4 Å². The molecule has 1 fully saturated rings. The fourth-order valence-electron chi connectivity index (χ4n) is 3.20. The van der Waals surface area contributed by atoms with Crippen LogP contribution in [0.2, 0.25) is 0 Å². The van der Waals surface area contributed by atoms with Crippen LogP contribution >= 0.6 is 0 Å². The number of H-pyrrole nitrogens is 1. The number of hydrogen-bond donors (Lipinski definition) is 4. The van der Waals surface area contributed by atoms with E-state index in [1.807, 2.05) is 12.3 Å². The number of aromatic nitrogens is 3. The SMILES string of the molecule is Oc1ccc(-c2nc(NC3CCC(O)CC3)c3cc[nH]c3n2)cc1. The zero-order valence-electron chi connectivity index (χ0n) is 13.2. The lowest BCUT2D eigenvalue weighted by Crippen LogP contribution is -2.28. The van der Waals surface area contributed by atoms with Crippen LogP contribution < -0.4 is 5.32 Å². The van der Waals surface area contributed by atoms with Gasteiger partial charge in [-0.1, -0.05) is 0 Å². The van der Waals surface area contributed by atoms with Crippen molar-refractivity contribution in [3.05, 3.63) is 36.5 Å². The minimum Gasteiger partial charge on any atom is -0.508 e. The predicted molar refractivity (Wildman–Crippen MR) is 92.9 cm³/mol. The number of rotatable bonds is 3. The maximum atomic E-state index is 9.67. The maximum absolute atomic E-state index is 9.67. The first-order valence-electron chi connectivity index (χ1n) is 8.28. The van der Waals surface area contributed by atoms with E-state index in [1.54, 1.807) is 24.3 Å². The molecular formula is C18H20N4O2. The van der Waals surface area contributed by atoms with Crippen LogP contribution in [0, 0.1) is 0 Å². The second-order valence-electron chi connectivity index (χ2n) is 6.33. The normalized spacial score (nSPS) is 21.0. The molecular weight excluding hydrogens is 304 g/mol. The van der Waals surface area contributed by atoms with E-state index in [-0.39, 0.29) is 11.9 Å². The van der Waals surface area contributed by atoms with E-state index in [0.29, 0.717) is 11.9 Å². The quantitative estimate of drug-likeness (QED) is 0.594. The van der Waals surface area contributed by atoms with Crippen LogP contribution in [0.5, 0.6) is 5.75 Å². The van der Waals surface area contributed by atoms with E-state index in [9.17, 15) is 10.2 Å². The minimum absolute atomic E-state index is 0.173. The van der Waals surface area contributed by atoms with E-state index in [4.69, 9.17) is 4.98 Å². The Kier molecular flexibility index (Phi) is 3.82. The molecule has 24 heavy (non-hydrogen) atoms. The first-order chi connectivity index (χ1) is 11.7. The average Bonchev–Trinajstić information content (AvgIpc) is 3.06. The number of nitrogens with one attached hydrogen (secondary N) is 2. The van der Waals surface area contributed by atoms with Gasteiger partial charge in [0.05, 0.1) is 11.5 Å². The lowest BCUT2D eigenvalue weighted by molar-refractivity contribution is 0.126. The molecule has 0 unspecified atom stereocenters. The molecule has 1 saturated carbocycles. The topological polar surface area (TPSA) is 94.1 Å². The monoisotopic (exact) mass is 324 g/mol. The predicted octanol–water partition coefficient (Wildman–Crippen LogP) is 3.05. The maximum Gasteiger partial charge on any atom is 0.163 e. The number of phenolic OH excluding ortho intramolecular Hbond substituents is 1. The summed E-state index contributed by atoms with van der Waals surface area (Å²) < 4.78 is 0. The van der Waals surface area contributed by atoms with E-state index < -0.39 is 0 Å². The third kappa shape index (κ3) is 2.92. The number of fused-ring (bicyclic) bond motifs is 1. The molecule has 0 aliphatic heterocycles. The molecule has 6 heteroatoms. The zero-order chi connectivity index (χ0) is 16.5. The summed E-state index contributed by atoms with van der Waals surface area (Å²) in [7, 11) is 0. The molecule has 0 amide bonds. The number of aliphatic hydroxyl groups excluding tert-OH is 1. The summed E-state index contributed by atoms with van der Waals surface area (Å²) in [5, 5.41) is 23.6. The second-order valence-corrected chi connectivity index (χ2v) is 6.33. The second kappa shape index (κ2) is 6.13. The van der Waals surface area contributed by atoms with E-state index >= 15 is 0 Å². The number of benzene rings is 1. The number of aliphatic hydroxyl groups is 1. The van der Waals surface area contributed by atoms with Crippen molar-refractivity contribution in [2.75, 3.05) is 5.32 Å². The summed E-state index contributed by atoms with van der Waals surface area (Å²) in [5.74, 6) is 1.65. The van der Waals surface area contributed by atoms with Crippen LogP contribution in [0.4, 0.5) is 5.82 Å². The Balaban J connectivity index is 1.68. The molecule has 0 radical (unpaired) electrons. The van der Waals surface area contributed by atoms with Gasteiger partial charge in [0, 0.05) is 17.8 Å². The Morgan fingerprint density at radius 2 is 1.75 bits per heavy atom. The van der Waals surface area contributed by atoms with Gasteiger partial charge in [0.25, 0.3) is 0 Å². The van der Waals surface area contributed by atoms with Gasteiger partial charge < -0.3 is 20.5 Å². The summed E-state index contributed by atoms with van der Waals surface area (Å²) in [4.78, 5) is 12.4. The smallest absolute Gasteiger partial charge is 0.163 e. The van der Waals surface area contributed by atoms with Crippen molar-refractivity contribution in [3.63, 3.8) is 0 Å². The lowest BCUT2D eigenvalue weighted by Gasteiger charge is -2.26. The average molecular weight is 324 g/mol. The van der Waals surface area contributed by atoms with Crippen molar-refractivity contribution in [2.45, 2.75) is 37.8 Å². The van der Waals surface area contributed by atoms with Gasteiger partial charge in [0.15, 0.2) is 5.82 Å². The molecule has 1 aliphatic rings. The van der Waals surface area contributed by atoms with E-state index in [2.05, 4.69) is 15.3 Å². The summed E-state index contributed by atoms with van der Waals surface area (Å²) in [6.07, 6.45) is 5.20. The van der Waals surface area contributed by atoms with Crippen molar-refractivity contribution in [1.29, 1.82) is 0 Å². The van der Waals surface area contributed by atoms with Gasteiger partial charge in [-0.05, 0) is 56.0 Å². The van der Waals surface area contributed by atoms with Crippen LogP contribution in [-0.4, -0.2) is 37.3 Å². The van der Waals surface area contributed by atoms with Crippen molar-refractivity contribution in [1.82, 2.24) is 15.0 Å². The largest absolute Gasteiger partial charge is 0.508 e. The molecule has 1 aromatic carbocycles. The van der Waals surface area contributed by atoms with Crippen LogP contribution in [0.15, 0.2) is 36.5 Å². The molecule has 0 atom stereocenters. The van der Waals surface area contributed by atoms with E-state index in [1.165, 1.54) is 0 Å². The van der Waals surface area contributed by atoms with Gasteiger partial charge in [0.1, 0.15) is 17.2 Å². The number of nitrogens with zero attached hydrogens (tertiary/aromatic N) is 2. The highest BCUT2D eigenvalue weighted by atomic mass is 16.3. The number of aromatic hydroxyl groups is 1. The number of hydrogen-bond acceptors (Lipinski definition) is 5. The van der Waals surface area contributed by atoms with Crippen LogP contribution in [0.1, 0.15) is 25.7 Å². The number of aromatic amines is 1. The van der Waals surface area contributed by atoms with E-state index in [0.717, 1.165) is 48.1 Å². The minimum atomic E-state index is -0.173. The Labute approximate surface area is 139 Å². The molecule has 0 saturated heterocycles. The summed E-state index contributed by atoms with van der Waals surface area (Å²) in [6.45, 7) is 0. The molecule has 0 spiro atoms. The fraction of sp³-hybridized carbons (Fsp3) is 0.333. The molecule has 3 aromatic rings. The Bertz CT molecular complexity index is 836. The molecule has 2 heterocycles. The Hall–Kier alpha value is -2.60. The number of phenols is 1. The first-order valence-corrected chi connectivity index (χ1v) is 8.28. The van der Waals surface area contributed by atoms with Crippen molar-refractivity contribution < 1.29 is 10.2 Å². The van der Waals surface area contributed by atoms with Gasteiger partial charge >= 0.3 is 0 Å². The highest BCUT2D eigenvalue weighted by Gasteiger charge is 2.21. The van der Waals surface area contributed by atoms with Gasteiger partial charge in [0.2, 0.25) is 0 Å². The third-order valence-electron chi connectivity index (χ3n) is 4.58. The molecule has 1 aliphatic carbocycles. The highest BCUT2D eigenvalue weighted by molar-refractivity contribution is 5.88. The fourth-order valence-corrected chi connectivity index (χ4v) is 3.20.